The second kappa shape index (κ2) is 4.74. The lowest BCUT2D eigenvalue weighted by atomic mass is 9.90. The van der Waals surface area contributed by atoms with E-state index >= 15 is 0 Å². The number of likely N-dealkylation sites (tertiary alicyclic amines) is 1. The van der Waals surface area contributed by atoms with Gasteiger partial charge in [0.1, 0.15) is 6.17 Å². The Balaban J connectivity index is 1.89. The van der Waals surface area contributed by atoms with Crippen LogP contribution in [0.1, 0.15) is 32.6 Å². The third kappa shape index (κ3) is 2.42. The predicted molar refractivity (Wildman–Crippen MR) is 63.0 cm³/mol. The highest BCUT2D eigenvalue weighted by Gasteiger charge is 2.42. The van der Waals surface area contributed by atoms with Gasteiger partial charge in [-0.2, -0.15) is 0 Å². The summed E-state index contributed by atoms with van der Waals surface area (Å²) in [6.45, 7) is 2.24. The Morgan fingerprint density at radius 3 is 2.67 bits per heavy atom. The molecule has 0 bridgehead atoms. The minimum Gasteiger partial charge on any atom is -0.481 e. The standard InChI is InChI=1S/C12H19FN2O3/c1-12(10(16)17)5-6-15(7-12)11(18)14-9-4-2-3-8(9)13/h8-9H,2-7H2,1H3,(H,14,18)(H,16,17)/t8-,9+,12?/m0/s1. The molecular formula is C12H19FN2O3. The van der Waals surface area contributed by atoms with Crippen molar-refractivity contribution in [1.82, 2.24) is 10.2 Å². The minimum atomic E-state index is -0.970. The number of hydrogen-bond donors (Lipinski definition) is 2. The molecule has 5 nitrogen and oxygen atoms in total. The van der Waals surface area contributed by atoms with Crippen molar-refractivity contribution in [1.29, 1.82) is 0 Å². The molecule has 0 aromatic rings. The molecule has 0 aromatic carbocycles. The van der Waals surface area contributed by atoms with E-state index in [0.29, 0.717) is 25.8 Å². The van der Waals surface area contributed by atoms with Crippen LogP contribution in [-0.4, -0.2) is 47.3 Å². The van der Waals surface area contributed by atoms with E-state index in [9.17, 15) is 14.0 Å². The summed E-state index contributed by atoms with van der Waals surface area (Å²) in [5, 5.41) is 11.7. The molecule has 1 saturated carbocycles. The number of amides is 2. The molecule has 1 heterocycles. The number of rotatable bonds is 2. The van der Waals surface area contributed by atoms with Gasteiger partial charge < -0.3 is 15.3 Å². The van der Waals surface area contributed by atoms with Gasteiger partial charge in [0.25, 0.3) is 0 Å². The monoisotopic (exact) mass is 258 g/mol. The lowest BCUT2D eigenvalue weighted by molar-refractivity contribution is -0.147. The van der Waals surface area contributed by atoms with Crippen LogP contribution in [0.4, 0.5) is 9.18 Å². The third-order valence-electron chi connectivity index (χ3n) is 4.02. The van der Waals surface area contributed by atoms with Gasteiger partial charge >= 0.3 is 12.0 Å². The van der Waals surface area contributed by atoms with E-state index in [1.54, 1.807) is 6.92 Å². The predicted octanol–water partition coefficient (Wildman–Crippen LogP) is 1.38. The molecule has 1 saturated heterocycles. The maximum absolute atomic E-state index is 13.4. The Kier molecular flexibility index (Phi) is 3.45. The zero-order chi connectivity index (χ0) is 13.3. The van der Waals surface area contributed by atoms with Gasteiger partial charge in [0.05, 0.1) is 11.5 Å². The zero-order valence-corrected chi connectivity index (χ0v) is 10.5. The zero-order valence-electron chi connectivity index (χ0n) is 10.5. The van der Waals surface area contributed by atoms with Crippen molar-refractivity contribution in [2.24, 2.45) is 5.41 Å². The van der Waals surface area contributed by atoms with Gasteiger partial charge in [0.15, 0.2) is 0 Å². The summed E-state index contributed by atoms with van der Waals surface area (Å²) >= 11 is 0. The maximum atomic E-state index is 13.4. The van der Waals surface area contributed by atoms with Crippen LogP contribution in [0.15, 0.2) is 0 Å². The highest BCUT2D eigenvalue weighted by molar-refractivity contribution is 5.79. The molecule has 2 amide bonds. The number of hydrogen-bond acceptors (Lipinski definition) is 2. The topological polar surface area (TPSA) is 69.6 Å². The average molecular weight is 258 g/mol. The Labute approximate surface area is 105 Å². The van der Waals surface area contributed by atoms with Crippen LogP contribution in [-0.2, 0) is 4.79 Å². The number of urea groups is 1. The fourth-order valence-corrected chi connectivity index (χ4v) is 2.64. The highest BCUT2D eigenvalue weighted by atomic mass is 19.1. The largest absolute Gasteiger partial charge is 0.481 e. The van der Waals surface area contributed by atoms with E-state index < -0.39 is 23.6 Å². The molecule has 0 aromatic heterocycles. The number of carbonyl (C=O) groups is 2. The van der Waals surface area contributed by atoms with Gasteiger partial charge in [-0.05, 0) is 32.6 Å². The Hall–Kier alpha value is -1.33. The summed E-state index contributed by atoms with van der Waals surface area (Å²) in [6, 6.07) is -0.747. The van der Waals surface area contributed by atoms with Gasteiger partial charge in [-0.25, -0.2) is 9.18 Å². The number of carboxylic acid groups (broad SMARTS) is 1. The van der Waals surface area contributed by atoms with Crippen LogP contribution >= 0.6 is 0 Å². The lowest BCUT2D eigenvalue weighted by Crippen LogP contribution is -2.46. The molecular weight excluding hydrogens is 239 g/mol. The van der Waals surface area contributed by atoms with E-state index in [4.69, 9.17) is 5.11 Å². The van der Waals surface area contributed by atoms with E-state index in [0.717, 1.165) is 6.42 Å². The summed E-state index contributed by atoms with van der Waals surface area (Å²) in [7, 11) is 0. The molecule has 0 radical (unpaired) electrons. The van der Waals surface area contributed by atoms with Gasteiger partial charge in [0.2, 0.25) is 0 Å². The number of alkyl halides is 1. The minimum absolute atomic E-state index is 0.192. The van der Waals surface area contributed by atoms with Crippen molar-refractivity contribution in [3.8, 4) is 0 Å². The van der Waals surface area contributed by atoms with E-state index in [-0.39, 0.29) is 12.6 Å². The highest BCUT2D eigenvalue weighted by Crippen LogP contribution is 2.30. The number of nitrogens with zero attached hydrogens (tertiary/aromatic N) is 1. The quantitative estimate of drug-likeness (QED) is 0.786. The van der Waals surface area contributed by atoms with E-state index in [1.807, 2.05) is 0 Å². The lowest BCUT2D eigenvalue weighted by Gasteiger charge is -2.23. The number of nitrogens with one attached hydrogen (secondary N) is 1. The van der Waals surface area contributed by atoms with Crippen LogP contribution in [0.5, 0.6) is 0 Å². The first-order valence-electron chi connectivity index (χ1n) is 6.35. The molecule has 18 heavy (non-hydrogen) atoms. The summed E-state index contributed by atoms with van der Waals surface area (Å²) < 4.78 is 13.4. The van der Waals surface area contributed by atoms with Crippen molar-refractivity contribution in [3.05, 3.63) is 0 Å². The summed E-state index contributed by atoms with van der Waals surface area (Å²) in [5.41, 5.74) is -0.873. The first-order chi connectivity index (χ1) is 8.42. The molecule has 102 valence electrons. The fourth-order valence-electron chi connectivity index (χ4n) is 2.64. The first-order valence-corrected chi connectivity index (χ1v) is 6.35. The smallest absolute Gasteiger partial charge is 0.317 e. The normalized spacial score (nSPS) is 35.8. The van der Waals surface area contributed by atoms with E-state index in [2.05, 4.69) is 5.32 Å². The van der Waals surface area contributed by atoms with Gasteiger partial charge in [0, 0.05) is 13.1 Å². The molecule has 2 aliphatic rings. The molecule has 2 rings (SSSR count). The summed E-state index contributed by atoms with van der Waals surface area (Å²) in [5.74, 6) is -0.887. The van der Waals surface area contributed by atoms with Crippen molar-refractivity contribution in [2.75, 3.05) is 13.1 Å². The average Bonchev–Trinajstić information content (AvgIpc) is 2.87. The maximum Gasteiger partial charge on any atom is 0.317 e. The number of aliphatic carboxylic acids is 1. The SMILES string of the molecule is CC1(C(=O)O)CCN(C(=O)N[C@@H]2CCC[C@@H]2F)C1. The van der Waals surface area contributed by atoms with Gasteiger partial charge in [-0.3, -0.25) is 4.79 Å². The van der Waals surface area contributed by atoms with Crippen molar-refractivity contribution < 1.29 is 19.1 Å². The second-order valence-electron chi connectivity index (χ2n) is 5.54. The van der Waals surface area contributed by atoms with Crippen molar-refractivity contribution in [3.63, 3.8) is 0 Å². The van der Waals surface area contributed by atoms with E-state index in [1.165, 1.54) is 4.90 Å². The van der Waals surface area contributed by atoms with Crippen molar-refractivity contribution >= 4 is 12.0 Å². The molecule has 1 aliphatic heterocycles. The second-order valence-corrected chi connectivity index (χ2v) is 5.54. The summed E-state index contributed by atoms with van der Waals surface area (Å²) in [4.78, 5) is 24.5. The number of carboxylic acids is 1. The molecule has 0 spiro atoms. The Bertz CT molecular complexity index is 363. The molecule has 1 aliphatic carbocycles. The molecule has 2 fully saturated rings. The van der Waals surface area contributed by atoms with Gasteiger partial charge in [-0.15, -0.1) is 0 Å². The first kappa shape index (κ1) is 13.1. The number of carbonyl (C=O) groups excluding carboxylic acids is 1. The van der Waals surface area contributed by atoms with Gasteiger partial charge in [-0.1, -0.05) is 0 Å². The third-order valence-corrected chi connectivity index (χ3v) is 4.02. The van der Waals surface area contributed by atoms with Crippen molar-refractivity contribution in [2.45, 2.75) is 44.8 Å². The molecule has 1 unspecified atom stereocenters. The molecule has 6 heteroatoms. The Morgan fingerprint density at radius 1 is 1.44 bits per heavy atom. The van der Waals surface area contributed by atoms with Crippen LogP contribution in [0.25, 0.3) is 0 Å². The van der Waals surface area contributed by atoms with Crippen LogP contribution in [0.3, 0.4) is 0 Å². The molecule has 3 atom stereocenters. The Morgan fingerprint density at radius 2 is 2.17 bits per heavy atom. The van der Waals surface area contributed by atoms with Crippen LogP contribution < -0.4 is 5.32 Å². The van der Waals surface area contributed by atoms with Crippen LogP contribution in [0.2, 0.25) is 0 Å². The van der Waals surface area contributed by atoms with Crippen LogP contribution in [0, 0.1) is 5.41 Å². The fraction of sp³-hybridized carbons (Fsp3) is 0.833. The summed E-state index contributed by atoms with van der Waals surface area (Å²) in [6.07, 6.45) is 1.43. The number of halogens is 1. The molecule has 2 N–H and O–H groups in total.